The summed E-state index contributed by atoms with van der Waals surface area (Å²) in [6.45, 7) is 0. The maximum atomic E-state index is 12.1. The Morgan fingerprint density at radius 3 is 2.58 bits per heavy atom. The minimum absolute atomic E-state index is 0.217. The minimum atomic E-state index is -0.452. The number of amides is 2. The van der Waals surface area contributed by atoms with Crippen LogP contribution in [-0.4, -0.2) is 64.2 Å². The summed E-state index contributed by atoms with van der Waals surface area (Å²) in [7, 11) is 7.19. The lowest BCUT2D eigenvalue weighted by molar-refractivity contribution is -0.257. The third-order valence-electron chi connectivity index (χ3n) is 2.33. The number of hydrogen-bond donors (Lipinski definition) is 0. The SMILES string of the molecule is CN(C)C(=[O+]n1nnc2cccnc2c1=O)N(C)C. The summed E-state index contributed by atoms with van der Waals surface area (Å²) in [5.74, 6) is 0. The van der Waals surface area contributed by atoms with E-state index in [0.717, 1.165) is 4.85 Å². The van der Waals surface area contributed by atoms with E-state index in [4.69, 9.17) is 4.53 Å². The Morgan fingerprint density at radius 1 is 1.26 bits per heavy atom. The van der Waals surface area contributed by atoms with Crippen LogP contribution < -0.4 is 5.56 Å². The van der Waals surface area contributed by atoms with Gasteiger partial charge in [0.05, 0.1) is 0 Å². The molecule has 8 nitrogen and oxygen atoms in total. The van der Waals surface area contributed by atoms with Crippen LogP contribution in [0.25, 0.3) is 11.0 Å². The number of aromatic nitrogens is 4. The standard InChI is InChI=1S/C11H15N6O2/c1-15(2)11(16(3)4)19-17-10(18)9-8(13-14-17)6-5-7-12-9/h5-7H,1-4H3/q+1. The van der Waals surface area contributed by atoms with Crippen molar-refractivity contribution in [3.63, 3.8) is 0 Å². The Labute approximate surface area is 109 Å². The van der Waals surface area contributed by atoms with Crippen LogP contribution in [0.5, 0.6) is 0 Å². The molecule has 0 bridgehead atoms. The Morgan fingerprint density at radius 2 is 1.95 bits per heavy atom. The van der Waals surface area contributed by atoms with Crippen molar-refractivity contribution in [1.82, 2.24) is 29.9 Å². The highest BCUT2D eigenvalue weighted by Crippen LogP contribution is 2.01. The van der Waals surface area contributed by atoms with Crippen molar-refractivity contribution in [2.24, 2.45) is 0 Å². The first-order valence-electron chi connectivity index (χ1n) is 5.61. The Balaban J connectivity index is 2.61. The number of pyridine rings is 1. The van der Waals surface area contributed by atoms with Crippen LogP contribution in [0.2, 0.25) is 0 Å². The van der Waals surface area contributed by atoms with Crippen LogP contribution in [0.1, 0.15) is 0 Å². The van der Waals surface area contributed by atoms with Gasteiger partial charge in [-0.2, -0.15) is 0 Å². The van der Waals surface area contributed by atoms with E-state index in [9.17, 15) is 4.79 Å². The topological polar surface area (TPSA) is 78.5 Å². The van der Waals surface area contributed by atoms with Crippen molar-refractivity contribution in [2.45, 2.75) is 0 Å². The van der Waals surface area contributed by atoms with Crippen LogP contribution in [0, 0.1) is 0 Å². The van der Waals surface area contributed by atoms with Gasteiger partial charge in [0.1, 0.15) is 5.52 Å². The zero-order valence-corrected chi connectivity index (χ0v) is 11.2. The summed E-state index contributed by atoms with van der Waals surface area (Å²) < 4.78 is 5.44. The molecule has 0 saturated heterocycles. The van der Waals surface area contributed by atoms with E-state index in [1.807, 2.05) is 0 Å². The van der Waals surface area contributed by atoms with Crippen LogP contribution in [0.15, 0.2) is 23.1 Å². The molecule has 0 spiro atoms. The second kappa shape index (κ2) is 5.01. The molecule has 19 heavy (non-hydrogen) atoms. The number of urea groups is 1. The maximum Gasteiger partial charge on any atom is 0.555 e. The van der Waals surface area contributed by atoms with Gasteiger partial charge in [0.15, 0.2) is 10.4 Å². The Hall–Kier alpha value is -2.51. The molecule has 0 aliphatic heterocycles. The summed E-state index contributed by atoms with van der Waals surface area (Å²) in [4.78, 5) is 20.4. The number of carbonyl (C=O) groups excluding carboxylic acids is 1. The second-order valence-electron chi connectivity index (χ2n) is 4.30. The van der Waals surface area contributed by atoms with Gasteiger partial charge in [0, 0.05) is 39.6 Å². The van der Waals surface area contributed by atoms with Gasteiger partial charge in [-0.25, -0.2) is 4.98 Å². The predicted octanol–water partition coefficient (Wildman–Crippen LogP) is -0.272. The van der Waals surface area contributed by atoms with Gasteiger partial charge in [0.25, 0.3) is 0 Å². The lowest BCUT2D eigenvalue weighted by atomic mass is 10.4. The molecule has 8 heteroatoms. The quantitative estimate of drug-likeness (QED) is 0.663. The van der Waals surface area contributed by atoms with E-state index in [1.165, 1.54) is 6.20 Å². The molecule has 2 rings (SSSR count). The third kappa shape index (κ3) is 2.51. The average Bonchev–Trinajstić information content (AvgIpc) is 2.37. The minimum Gasteiger partial charge on any atom is -0.279 e. The van der Waals surface area contributed by atoms with E-state index in [0.29, 0.717) is 11.5 Å². The molecule has 0 atom stereocenters. The Bertz CT molecular complexity index is 666. The molecule has 2 amide bonds. The first-order chi connectivity index (χ1) is 9.00. The fourth-order valence-electron chi connectivity index (χ4n) is 1.56. The van der Waals surface area contributed by atoms with Gasteiger partial charge in [-0.3, -0.25) is 14.6 Å². The average molecular weight is 263 g/mol. The van der Waals surface area contributed by atoms with E-state index in [2.05, 4.69) is 15.3 Å². The molecule has 100 valence electrons. The van der Waals surface area contributed by atoms with Gasteiger partial charge < -0.3 is 0 Å². The molecule has 0 radical (unpaired) electrons. The molecular formula is C11H15N6O2+. The molecule has 0 unspecified atom stereocenters. The molecule has 0 aromatic carbocycles. The van der Waals surface area contributed by atoms with Gasteiger partial charge >= 0.3 is 11.6 Å². The first kappa shape index (κ1) is 12.9. The lowest BCUT2D eigenvalue weighted by Crippen LogP contribution is -2.36. The molecule has 2 heterocycles. The van der Waals surface area contributed by atoms with E-state index < -0.39 is 5.56 Å². The normalized spacial score (nSPS) is 10.3. The molecular weight excluding hydrogens is 248 g/mol. The largest absolute Gasteiger partial charge is 0.555 e. The monoisotopic (exact) mass is 263 g/mol. The first-order valence-corrected chi connectivity index (χ1v) is 5.61. The van der Waals surface area contributed by atoms with Crippen molar-refractivity contribution < 1.29 is 4.53 Å². The van der Waals surface area contributed by atoms with E-state index in [-0.39, 0.29) is 5.52 Å². The summed E-state index contributed by atoms with van der Waals surface area (Å²) >= 11 is 0. The number of nitrogens with zero attached hydrogens (tertiary/aromatic N) is 6. The van der Waals surface area contributed by atoms with Gasteiger partial charge in [-0.1, -0.05) is 0 Å². The van der Waals surface area contributed by atoms with Crippen LogP contribution in [0.4, 0.5) is 4.53 Å². The lowest BCUT2D eigenvalue weighted by Gasteiger charge is -2.10. The summed E-state index contributed by atoms with van der Waals surface area (Å²) in [5.41, 5.74) is 0.199. The van der Waals surface area contributed by atoms with Gasteiger partial charge in [-0.05, 0) is 16.7 Å². The van der Waals surface area contributed by atoms with Crippen molar-refractivity contribution >= 4 is 17.1 Å². The summed E-state index contributed by atoms with van der Waals surface area (Å²) in [6, 6.07) is 3.81. The van der Waals surface area contributed by atoms with Gasteiger partial charge in [-0.15, -0.1) is 5.10 Å². The van der Waals surface area contributed by atoms with Crippen molar-refractivity contribution in [1.29, 1.82) is 0 Å². The van der Waals surface area contributed by atoms with Crippen LogP contribution >= 0.6 is 0 Å². The highest BCUT2D eigenvalue weighted by molar-refractivity contribution is 5.74. The van der Waals surface area contributed by atoms with Crippen molar-refractivity contribution in [3.8, 4) is 0 Å². The maximum absolute atomic E-state index is 12.1. The molecule has 2 aromatic heterocycles. The summed E-state index contributed by atoms with van der Waals surface area (Å²) in [6.07, 6.45) is 1.53. The number of fused-ring (bicyclic) bond motifs is 1. The molecule has 0 N–H and O–H groups in total. The molecule has 0 aliphatic carbocycles. The van der Waals surface area contributed by atoms with E-state index in [1.54, 1.807) is 50.1 Å². The van der Waals surface area contributed by atoms with Crippen LogP contribution in [0.3, 0.4) is 0 Å². The fraction of sp³-hybridized carbons (Fsp3) is 0.364. The zero-order valence-electron chi connectivity index (χ0n) is 11.2. The predicted molar refractivity (Wildman–Crippen MR) is 69.8 cm³/mol. The van der Waals surface area contributed by atoms with Crippen LogP contribution in [-0.2, 0) is 0 Å². The second-order valence-corrected chi connectivity index (χ2v) is 4.30. The highest BCUT2D eigenvalue weighted by atomic mass is 16.6. The number of rotatable bonds is 1. The van der Waals surface area contributed by atoms with Gasteiger partial charge in [0.2, 0.25) is 0 Å². The summed E-state index contributed by atoms with van der Waals surface area (Å²) in [5, 5.41) is 7.62. The third-order valence-corrected chi connectivity index (χ3v) is 2.33. The highest BCUT2D eigenvalue weighted by Gasteiger charge is 2.23. The Kier molecular flexibility index (Phi) is 3.41. The molecule has 2 aromatic rings. The van der Waals surface area contributed by atoms with E-state index >= 15 is 0 Å². The smallest absolute Gasteiger partial charge is 0.279 e. The van der Waals surface area contributed by atoms with Crippen molar-refractivity contribution in [2.75, 3.05) is 28.2 Å². The molecule has 0 aliphatic rings. The molecule has 0 fully saturated rings. The fourth-order valence-corrected chi connectivity index (χ4v) is 1.56. The zero-order chi connectivity index (χ0) is 14.0. The van der Waals surface area contributed by atoms with Crippen molar-refractivity contribution in [3.05, 3.63) is 28.7 Å². The molecule has 0 saturated carbocycles. The number of hydrogen-bond acceptors (Lipinski definition) is 4.